The number of amides is 4. The fourth-order valence-corrected chi connectivity index (χ4v) is 3.46. The lowest BCUT2D eigenvalue weighted by atomic mass is 9.79. The van der Waals surface area contributed by atoms with Crippen LogP contribution in [0.5, 0.6) is 0 Å². The number of nitrogens with one attached hydrogen (secondary N) is 4. The number of urea groups is 1. The monoisotopic (exact) mass is 508 g/mol. The van der Waals surface area contributed by atoms with E-state index in [9.17, 15) is 14.4 Å². The highest BCUT2D eigenvalue weighted by Crippen LogP contribution is 2.30. The van der Waals surface area contributed by atoms with Crippen molar-refractivity contribution in [1.29, 1.82) is 0 Å². The van der Waals surface area contributed by atoms with Crippen molar-refractivity contribution in [1.82, 2.24) is 26.2 Å². The Labute approximate surface area is 183 Å². The molecule has 0 aromatic rings. The molecule has 10 heteroatoms. The minimum Gasteiger partial charge on any atom is -0.354 e. The summed E-state index contributed by atoms with van der Waals surface area (Å²) in [4.78, 5) is 41.9. The smallest absolute Gasteiger partial charge is 0.322 e. The standard InChI is InChI=1S/C18H32N6O3.HI/c1-17(2,3)13(25)20-8-9-21-15(19-5)24-10-6-12(7-11-24)18(4)14(26)22-16(27)23-18;/h12H,6-11H2,1-5H3,(H,19,21)(H,20,25)(H2,22,23,26,27);1H. The molecule has 2 heterocycles. The van der Waals surface area contributed by atoms with Crippen LogP contribution in [0.3, 0.4) is 0 Å². The van der Waals surface area contributed by atoms with Crippen LogP contribution in [0.2, 0.25) is 0 Å². The third kappa shape index (κ3) is 5.71. The first-order valence-electron chi connectivity index (χ1n) is 9.45. The maximum Gasteiger partial charge on any atom is 0.322 e. The van der Waals surface area contributed by atoms with E-state index in [1.54, 1.807) is 14.0 Å². The van der Waals surface area contributed by atoms with Crippen molar-refractivity contribution in [2.45, 2.75) is 46.1 Å². The summed E-state index contributed by atoms with van der Waals surface area (Å²) in [6.45, 7) is 10.0. The fourth-order valence-electron chi connectivity index (χ4n) is 3.46. The van der Waals surface area contributed by atoms with Gasteiger partial charge in [0, 0.05) is 38.6 Å². The third-order valence-corrected chi connectivity index (χ3v) is 5.27. The number of hydrogen-bond donors (Lipinski definition) is 4. The highest BCUT2D eigenvalue weighted by atomic mass is 127. The number of nitrogens with zero attached hydrogens (tertiary/aromatic N) is 2. The van der Waals surface area contributed by atoms with Gasteiger partial charge in [-0.15, -0.1) is 24.0 Å². The quantitative estimate of drug-likeness (QED) is 0.146. The number of aliphatic imine (C=N–C) groups is 1. The minimum absolute atomic E-state index is 0. The molecule has 2 fully saturated rings. The van der Waals surface area contributed by atoms with Gasteiger partial charge in [0.05, 0.1) is 0 Å². The van der Waals surface area contributed by atoms with Gasteiger partial charge in [0.2, 0.25) is 5.91 Å². The zero-order chi connectivity index (χ0) is 20.2. The highest BCUT2D eigenvalue weighted by molar-refractivity contribution is 14.0. The number of carbonyl (C=O) groups is 3. The van der Waals surface area contributed by atoms with Gasteiger partial charge in [-0.2, -0.15) is 0 Å². The predicted molar refractivity (Wildman–Crippen MR) is 119 cm³/mol. The Morgan fingerprint density at radius 1 is 1.21 bits per heavy atom. The zero-order valence-corrected chi connectivity index (χ0v) is 19.7. The molecule has 160 valence electrons. The van der Waals surface area contributed by atoms with E-state index in [1.807, 2.05) is 20.8 Å². The normalized spacial score (nSPS) is 23.6. The van der Waals surface area contributed by atoms with Crippen molar-refractivity contribution in [2.75, 3.05) is 33.2 Å². The Balaban J connectivity index is 0.00000392. The second kappa shape index (κ2) is 9.75. The van der Waals surface area contributed by atoms with Crippen LogP contribution >= 0.6 is 24.0 Å². The average molecular weight is 508 g/mol. The van der Waals surface area contributed by atoms with Gasteiger partial charge in [-0.25, -0.2) is 4.79 Å². The van der Waals surface area contributed by atoms with Crippen molar-refractivity contribution in [3.05, 3.63) is 0 Å². The van der Waals surface area contributed by atoms with E-state index in [-0.39, 0.29) is 41.7 Å². The molecule has 28 heavy (non-hydrogen) atoms. The molecular formula is C18H33IN6O3. The van der Waals surface area contributed by atoms with Crippen LogP contribution < -0.4 is 21.3 Å². The van der Waals surface area contributed by atoms with Crippen molar-refractivity contribution >= 4 is 47.8 Å². The van der Waals surface area contributed by atoms with Gasteiger partial charge in [0.15, 0.2) is 5.96 Å². The lowest BCUT2D eigenvalue weighted by Crippen LogP contribution is -2.55. The topological polar surface area (TPSA) is 115 Å². The van der Waals surface area contributed by atoms with Gasteiger partial charge in [-0.1, -0.05) is 20.8 Å². The van der Waals surface area contributed by atoms with Crippen molar-refractivity contribution < 1.29 is 14.4 Å². The van der Waals surface area contributed by atoms with Crippen molar-refractivity contribution in [3.8, 4) is 0 Å². The first kappa shape index (κ1) is 24.4. The first-order chi connectivity index (χ1) is 12.6. The van der Waals surface area contributed by atoms with Gasteiger partial charge in [-0.05, 0) is 25.7 Å². The van der Waals surface area contributed by atoms with Gasteiger partial charge < -0.3 is 20.9 Å². The number of likely N-dealkylation sites (tertiary alicyclic amines) is 1. The van der Waals surface area contributed by atoms with Gasteiger partial charge in [0.1, 0.15) is 5.54 Å². The average Bonchev–Trinajstić information content (AvgIpc) is 2.87. The number of imide groups is 1. The number of rotatable bonds is 4. The van der Waals surface area contributed by atoms with E-state index in [0.29, 0.717) is 13.1 Å². The van der Waals surface area contributed by atoms with Crippen LogP contribution in [-0.4, -0.2) is 67.5 Å². The molecule has 0 saturated carbocycles. The molecule has 4 amide bonds. The van der Waals surface area contributed by atoms with E-state index >= 15 is 0 Å². The van der Waals surface area contributed by atoms with Crippen LogP contribution in [0, 0.1) is 11.3 Å². The summed E-state index contributed by atoms with van der Waals surface area (Å²) < 4.78 is 0. The molecule has 0 radical (unpaired) electrons. The van der Waals surface area contributed by atoms with E-state index in [2.05, 4.69) is 31.2 Å². The lowest BCUT2D eigenvalue weighted by molar-refractivity contribution is -0.128. The fraction of sp³-hybridized carbons (Fsp3) is 0.778. The third-order valence-electron chi connectivity index (χ3n) is 5.27. The maximum absolute atomic E-state index is 12.1. The molecule has 2 aliphatic rings. The van der Waals surface area contributed by atoms with E-state index < -0.39 is 17.0 Å². The molecular weight excluding hydrogens is 475 g/mol. The molecule has 1 atom stereocenters. The summed E-state index contributed by atoms with van der Waals surface area (Å²) >= 11 is 0. The predicted octanol–water partition coefficient (Wildman–Crippen LogP) is 0.652. The number of piperidine rings is 1. The Bertz CT molecular complexity index is 625. The lowest BCUT2D eigenvalue weighted by Gasteiger charge is -2.39. The number of halogens is 1. The molecule has 0 spiro atoms. The SMILES string of the molecule is CN=C(NCCNC(=O)C(C)(C)C)N1CCC(C2(C)NC(=O)NC2=O)CC1.I. The first-order valence-corrected chi connectivity index (χ1v) is 9.45. The Kier molecular flexibility index (Phi) is 8.51. The molecule has 2 rings (SSSR count). The second-order valence-corrected chi connectivity index (χ2v) is 8.35. The Morgan fingerprint density at radius 2 is 1.79 bits per heavy atom. The number of hydrogen-bond acceptors (Lipinski definition) is 4. The molecule has 0 aliphatic carbocycles. The molecule has 2 saturated heterocycles. The van der Waals surface area contributed by atoms with Gasteiger partial charge in [0.25, 0.3) is 5.91 Å². The molecule has 2 aliphatic heterocycles. The van der Waals surface area contributed by atoms with Gasteiger partial charge in [-0.3, -0.25) is 19.9 Å². The summed E-state index contributed by atoms with van der Waals surface area (Å²) in [5.41, 5.74) is -1.24. The summed E-state index contributed by atoms with van der Waals surface area (Å²) in [5, 5.41) is 11.3. The summed E-state index contributed by atoms with van der Waals surface area (Å²) in [5.74, 6) is 0.640. The Hall–Kier alpha value is -1.59. The second-order valence-electron chi connectivity index (χ2n) is 8.35. The van der Waals surface area contributed by atoms with Crippen LogP contribution in [0.4, 0.5) is 4.79 Å². The van der Waals surface area contributed by atoms with Gasteiger partial charge >= 0.3 is 6.03 Å². The van der Waals surface area contributed by atoms with E-state index in [0.717, 1.165) is 31.9 Å². The van der Waals surface area contributed by atoms with E-state index in [4.69, 9.17) is 0 Å². The molecule has 9 nitrogen and oxygen atoms in total. The number of guanidine groups is 1. The molecule has 0 aromatic carbocycles. The molecule has 0 bridgehead atoms. The van der Waals surface area contributed by atoms with Crippen LogP contribution in [-0.2, 0) is 9.59 Å². The summed E-state index contributed by atoms with van der Waals surface area (Å²) in [6, 6.07) is -0.417. The maximum atomic E-state index is 12.1. The summed E-state index contributed by atoms with van der Waals surface area (Å²) in [7, 11) is 1.73. The minimum atomic E-state index is -0.836. The largest absolute Gasteiger partial charge is 0.354 e. The van der Waals surface area contributed by atoms with Crippen molar-refractivity contribution in [3.63, 3.8) is 0 Å². The van der Waals surface area contributed by atoms with Crippen LogP contribution in [0.15, 0.2) is 4.99 Å². The molecule has 0 aromatic heterocycles. The molecule has 4 N–H and O–H groups in total. The van der Waals surface area contributed by atoms with E-state index in [1.165, 1.54) is 0 Å². The van der Waals surface area contributed by atoms with Crippen LogP contribution in [0.25, 0.3) is 0 Å². The van der Waals surface area contributed by atoms with Crippen LogP contribution in [0.1, 0.15) is 40.5 Å². The summed E-state index contributed by atoms with van der Waals surface area (Å²) in [6.07, 6.45) is 1.57. The highest BCUT2D eigenvalue weighted by Gasteiger charge is 2.48. The zero-order valence-electron chi connectivity index (χ0n) is 17.3. The van der Waals surface area contributed by atoms with Crippen molar-refractivity contribution in [2.24, 2.45) is 16.3 Å². The number of carbonyl (C=O) groups excluding carboxylic acids is 3. The molecule has 1 unspecified atom stereocenters. The Morgan fingerprint density at radius 3 is 2.25 bits per heavy atom.